The van der Waals surface area contributed by atoms with Crippen molar-refractivity contribution < 1.29 is 104 Å². The molecule has 2 amide bonds. The molecule has 0 aromatic rings. The number of rotatable bonds is 50. The Bertz CT molecular complexity index is 1890. The highest BCUT2D eigenvalue weighted by Gasteiger charge is 2.60. The number of nitrogens with one attached hydrogen (secondary N) is 2. The molecule has 23 heteroatoms. The molecule has 3 fully saturated rings. The van der Waals surface area contributed by atoms with Gasteiger partial charge in [-0.3, -0.25) is 9.59 Å². The highest BCUT2D eigenvalue weighted by Crippen LogP contribution is 2.39. The van der Waals surface area contributed by atoms with Crippen molar-refractivity contribution in [3.05, 3.63) is 24.3 Å². The van der Waals surface area contributed by atoms with Crippen LogP contribution in [-0.2, 0) is 42.8 Å². The Balaban J connectivity index is 1.63. The molecule has 3 aliphatic rings. The summed E-state index contributed by atoms with van der Waals surface area (Å²) in [5, 5.41) is 136. The number of carbonyl (C=O) groups excluding carboxylic acids is 2. The van der Waals surface area contributed by atoms with E-state index in [9.17, 15) is 75.7 Å². The maximum atomic E-state index is 13.4. The fourth-order valence-electron chi connectivity index (χ4n) is 11.7. The summed E-state index contributed by atoms with van der Waals surface area (Å²) >= 11 is 0. The first-order valence-electron chi connectivity index (χ1n) is 33.7. The first-order valence-corrected chi connectivity index (χ1v) is 33.7. The molecule has 88 heavy (non-hydrogen) atoms. The third-order valence-electron chi connectivity index (χ3n) is 17.1. The molecule has 3 aliphatic heterocycles. The second-order valence-electron chi connectivity index (χ2n) is 24.7. The summed E-state index contributed by atoms with van der Waals surface area (Å²) in [6.07, 6.45) is 15.0. The van der Waals surface area contributed by atoms with Crippen molar-refractivity contribution in [2.24, 2.45) is 0 Å². The molecule has 0 aromatic carbocycles. The Morgan fingerprint density at radius 1 is 0.591 bits per heavy atom. The monoisotopic (exact) mass is 1260 g/mol. The van der Waals surface area contributed by atoms with Gasteiger partial charge < -0.3 is 100 Å². The summed E-state index contributed by atoms with van der Waals surface area (Å²) in [7, 11) is 0. The predicted octanol–water partition coefficient (Wildman–Crippen LogP) is 5.28. The van der Waals surface area contributed by atoms with Gasteiger partial charge in [-0.15, -0.1) is 0 Å². The first kappa shape index (κ1) is 79.4. The molecule has 14 N–H and O–H groups in total. The average Bonchev–Trinajstić information content (AvgIpc) is 1.22. The number of hydrogen-bond acceptors (Lipinski definition) is 20. The highest BCUT2D eigenvalue weighted by molar-refractivity contribution is 5.77. The number of allylic oxidation sites excluding steroid dienone is 3. The maximum Gasteiger partial charge on any atom is 0.364 e. The summed E-state index contributed by atoms with van der Waals surface area (Å²) in [6.45, 7) is 2.12. The predicted molar refractivity (Wildman–Crippen MR) is 329 cm³/mol. The summed E-state index contributed by atoms with van der Waals surface area (Å²) < 4.78 is 34.8. The van der Waals surface area contributed by atoms with E-state index in [0.717, 1.165) is 77.6 Å². The van der Waals surface area contributed by atoms with Gasteiger partial charge in [0.05, 0.1) is 50.7 Å². The fourth-order valence-corrected chi connectivity index (χ4v) is 11.7. The molecule has 514 valence electrons. The van der Waals surface area contributed by atoms with Crippen molar-refractivity contribution in [1.29, 1.82) is 0 Å². The van der Waals surface area contributed by atoms with Crippen LogP contribution in [0.2, 0.25) is 0 Å². The number of aliphatic hydroxyl groups excluding tert-OH is 11. The molecule has 3 rings (SSSR count). The lowest BCUT2D eigenvalue weighted by Crippen LogP contribution is -2.70. The quantitative estimate of drug-likeness (QED) is 0.0272. The zero-order chi connectivity index (χ0) is 64.7. The summed E-state index contributed by atoms with van der Waals surface area (Å²) in [6, 6.07) is -2.62. The molecule has 0 radical (unpaired) electrons. The Hall–Kier alpha value is -2.79. The van der Waals surface area contributed by atoms with Crippen molar-refractivity contribution in [2.75, 3.05) is 26.4 Å². The van der Waals surface area contributed by atoms with E-state index in [4.69, 9.17) is 28.4 Å². The van der Waals surface area contributed by atoms with Gasteiger partial charge in [0, 0.05) is 19.8 Å². The van der Waals surface area contributed by atoms with E-state index in [0.29, 0.717) is 12.8 Å². The number of carbonyl (C=O) groups is 3. The molecule has 3 heterocycles. The van der Waals surface area contributed by atoms with Crippen molar-refractivity contribution >= 4 is 17.8 Å². The van der Waals surface area contributed by atoms with Crippen molar-refractivity contribution in [3.8, 4) is 0 Å². The molecular formula is C65H118N2O21. The first-order chi connectivity index (χ1) is 42.4. The molecule has 18 unspecified atom stereocenters. The number of ether oxygens (including phenoxy) is 6. The minimum atomic E-state index is -3.08. The smallest absolute Gasteiger partial charge is 0.364 e. The molecule has 0 saturated carbocycles. The number of aliphatic carboxylic acids is 1. The Morgan fingerprint density at radius 2 is 1.07 bits per heavy atom. The second kappa shape index (κ2) is 46.3. The van der Waals surface area contributed by atoms with Crippen LogP contribution in [0.25, 0.3) is 0 Å². The van der Waals surface area contributed by atoms with E-state index >= 15 is 0 Å². The van der Waals surface area contributed by atoms with Crippen LogP contribution in [0.5, 0.6) is 0 Å². The Kier molecular flexibility index (Phi) is 41.8. The lowest BCUT2D eigenvalue weighted by atomic mass is 9.88. The normalized spacial score (nSPS) is 29.1. The largest absolute Gasteiger partial charge is 0.477 e. The number of hydrogen-bond donors (Lipinski definition) is 14. The van der Waals surface area contributed by atoms with E-state index in [1.165, 1.54) is 116 Å². The zero-order valence-electron chi connectivity index (χ0n) is 53.3. The molecular weight excluding hydrogens is 1140 g/mol. The second-order valence-corrected chi connectivity index (χ2v) is 24.7. The van der Waals surface area contributed by atoms with E-state index < -0.39 is 155 Å². The van der Waals surface area contributed by atoms with Gasteiger partial charge in [-0.05, 0) is 44.9 Å². The topological polar surface area (TPSA) is 373 Å². The lowest BCUT2D eigenvalue weighted by molar-refractivity contribution is -0.386. The summed E-state index contributed by atoms with van der Waals surface area (Å²) in [4.78, 5) is 38.5. The Morgan fingerprint density at radius 3 is 1.55 bits per heavy atom. The van der Waals surface area contributed by atoms with E-state index in [2.05, 4.69) is 36.6 Å². The van der Waals surface area contributed by atoms with Crippen molar-refractivity contribution in [3.63, 3.8) is 0 Å². The fraction of sp³-hybridized carbons (Fsp3) is 0.892. The molecule has 0 aliphatic carbocycles. The van der Waals surface area contributed by atoms with E-state index in [-0.39, 0.29) is 12.3 Å². The van der Waals surface area contributed by atoms with Crippen LogP contribution >= 0.6 is 0 Å². The van der Waals surface area contributed by atoms with Crippen LogP contribution in [0.4, 0.5) is 0 Å². The maximum absolute atomic E-state index is 13.4. The van der Waals surface area contributed by atoms with Crippen molar-refractivity contribution in [1.82, 2.24) is 10.6 Å². The van der Waals surface area contributed by atoms with Gasteiger partial charge in [0.2, 0.25) is 11.8 Å². The minimum absolute atomic E-state index is 0.196. The van der Waals surface area contributed by atoms with Gasteiger partial charge in [0.1, 0.15) is 67.1 Å². The molecule has 0 bridgehead atoms. The number of amides is 2. The molecule has 23 nitrogen and oxygen atoms in total. The van der Waals surface area contributed by atoms with Crippen LogP contribution < -0.4 is 10.6 Å². The summed E-state index contributed by atoms with van der Waals surface area (Å²) in [5.74, 6) is -6.15. The average molecular weight is 1260 g/mol. The number of carboxylic acids is 1. The van der Waals surface area contributed by atoms with Crippen LogP contribution in [0.1, 0.15) is 233 Å². The van der Waals surface area contributed by atoms with Crippen LogP contribution in [0.3, 0.4) is 0 Å². The summed E-state index contributed by atoms with van der Waals surface area (Å²) in [5.41, 5.74) is 0. The number of carboxylic acid groups (broad SMARTS) is 1. The van der Waals surface area contributed by atoms with Gasteiger partial charge in [-0.25, -0.2) is 4.79 Å². The SMILES string of the molecule is CCCCCCCC/C=C\CCCCCCCCCC(=O)NC(COC1OC(CO)C(OC2OC(CO)C(O)C(OC3(C(=O)O)CC(O)C(NC(C)=O)C(C(O)C(O)CO)O3)C2O)C(O)C1O)C(O)/C=C/CCCCCCCCCCCCCCCCC. The lowest BCUT2D eigenvalue weighted by Gasteiger charge is -2.50. The van der Waals surface area contributed by atoms with Crippen LogP contribution in [-0.4, -0.2) is 215 Å². The van der Waals surface area contributed by atoms with Gasteiger partial charge in [-0.1, -0.05) is 192 Å². The number of aliphatic hydroxyl groups is 11. The highest BCUT2D eigenvalue weighted by atomic mass is 16.8. The van der Waals surface area contributed by atoms with E-state index in [1.54, 1.807) is 6.08 Å². The van der Waals surface area contributed by atoms with Gasteiger partial charge in [0.15, 0.2) is 12.6 Å². The zero-order valence-corrected chi connectivity index (χ0v) is 53.3. The Labute approximate surface area is 523 Å². The standard InChI is InChI=1S/C65H118N2O21/c1-4-6-8-10-12-14-16-18-20-22-24-26-28-30-32-34-36-38-47(72)46(67-52(75)39-37-35-33-31-29-27-25-23-21-19-17-15-13-11-9-7-5-2)44-83-62-57(79)56(78)59(51(43-70)85-62)86-63-58(80)61(55(77)50(42-69)84-63)88-65(64(81)82)40-48(73)53(66-45(3)71)60(87-65)54(76)49(74)41-68/h19,21,36,38,46-51,53-63,68-70,72-74,76-80H,4-18,20,22-35,37,39-44H2,1-3H3,(H,66,71)(H,67,75)(H,81,82)/b21-19-,38-36+. The van der Waals surface area contributed by atoms with Gasteiger partial charge in [0.25, 0.3) is 5.79 Å². The third kappa shape index (κ3) is 29.0. The minimum Gasteiger partial charge on any atom is -0.477 e. The molecule has 3 saturated heterocycles. The van der Waals surface area contributed by atoms with Crippen molar-refractivity contribution in [2.45, 2.75) is 342 Å². The molecule has 0 spiro atoms. The third-order valence-corrected chi connectivity index (χ3v) is 17.1. The molecule has 0 aromatic heterocycles. The van der Waals surface area contributed by atoms with Crippen LogP contribution in [0.15, 0.2) is 24.3 Å². The molecule has 18 atom stereocenters. The van der Waals surface area contributed by atoms with E-state index in [1.807, 2.05) is 6.08 Å². The number of unbranched alkanes of at least 4 members (excludes halogenated alkanes) is 28. The van der Waals surface area contributed by atoms with Gasteiger partial charge in [-0.2, -0.15) is 0 Å². The van der Waals surface area contributed by atoms with Crippen LogP contribution in [0, 0.1) is 0 Å². The van der Waals surface area contributed by atoms with Gasteiger partial charge >= 0.3 is 5.97 Å².